The number of amides is 2. The molecule has 0 saturated heterocycles. The number of carbonyl (C=O) groups excluding carboxylic acids is 1. The van der Waals surface area contributed by atoms with Gasteiger partial charge in [-0.25, -0.2) is 4.79 Å². The lowest BCUT2D eigenvalue weighted by atomic mass is 10.5. The number of hydrogen-bond acceptors (Lipinski definition) is 3. The van der Waals surface area contributed by atoms with Crippen LogP contribution in [0.5, 0.6) is 0 Å². The number of terminal acetylenes is 1. The summed E-state index contributed by atoms with van der Waals surface area (Å²) < 4.78 is 0. The molecule has 2 amide bonds. The Kier molecular flexibility index (Phi) is 3.27. The predicted octanol–water partition coefficient (Wildman–Crippen LogP) is 0.231. The molecule has 5 nitrogen and oxygen atoms in total. The van der Waals surface area contributed by atoms with Crippen molar-refractivity contribution in [1.29, 1.82) is 0 Å². The van der Waals surface area contributed by atoms with Crippen molar-refractivity contribution in [1.82, 2.24) is 15.5 Å². The van der Waals surface area contributed by atoms with E-state index in [9.17, 15) is 4.79 Å². The average Bonchev–Trinajstić information content (AvgIpc) is 2.16. The van der Waals surface area contributed by atoms with E-state index in [1.807, 2.05) is 0 Å². The second-order valence-electron chi connectivity index (χ2n) is 2.12. The average molecular weight is 176 g/mol. The van der Waals surface area contributed by atoms with Crippen molar-refractivity contribution in [3.8, 4) is 12.3 Å². The molecule has 0 spiro atoms. The van der Waals surface area contributed by atoms with Gasteiger partial charge in [-0.2, -0.15) is 5.10 Å². The Balaban J connectivity index is 2.42. The summed E-state index contributed by atoms with van der Waals surface area (Å²) in [4.78, 5) is 11.0. The molecule has 0 unspecified atom stereocenters. The summed E-state index contributed by atoms with van der Waals surface area (Å²) in [5.41, 5.74) is 0. The van der Waals surface area contributed by atoms with Crippen LogP contribution in [-0.2, 0) is 0 Å². The molecule has 0 radical (unpaired) electrons. The predicted molar refractivity (Wildman–Crippen MR) is 47.9 cm³/mol. The highest BCUT2D eigenvalue weighted by Gasteiger charge is 1.99. The van der Waals surface area contributed by atoms with Crippen molar-refractivity contribution in [3.63, 3.8) is 0 Å². The van der Waals surface area contributed by atoms with Crippen LogP contribution < -0.4 is 10.6 Å². The van der Waals surface area contributed by atoms with E-state index >= 15 is 0 Å². The van der Waals surface area contributed by atoms with Crippen LogP contribution in [0.2, 0.25) is 0 Å². The molecule has 5 heteroatoms. The van der Waals surface area contributed by atoms with Gasteiger partial charge in [-0.3, -0.25) is 5.32 Å². The standard InChI is InChI=1S/C8H8N4O/c1-2-5-9-8(13)11-7-4-3-6-10-12-7/h1,3-4,6H,5H2,(H2,9,11,12,13). The maximum absolute atomic E-state index is 11.0. The largest absolute Gasteiger partial charge is 0.327 e. The molecular weight excluding hydrogens is 168 g/mol. The molecular formula is C8H8N4O. The Morgan fingerprint density at radius 2 is 2.54 bits per heavy atom. The molecule has 0 aliphatic heterocycles. The van der Waals surface area contributed by atoms with E-state index in [1.54, 1.807) is 12.1 Å². The molecule has 1 aromatic rings. The molecule has 1 rings (SSSR count). The Morgan fingerprint density at radius 1 is 1.69 bits per heavy atom. The molecule has 13 heavy (non-hydrogen) atoms. The van der Waals surface area contributed by atoms with Gasteiger partial charge in [-0.15, -0.1) is 11.5 Å². The molecule has 0 aliphatic rings. The minimum Gasteiger partial charge on any atom is -0.327 e. The summed E-state index contributed by atoms with van der Waals surface area (Å²) in [5.74, 6) is 2.66. The van der Waals surface area contributed by atoms with Crippen LogP contribution in [0.25, 0.3) is 0 Å². The maximum Gasteiger partial charge on any atom is 0.321 e. The number of aromatic nitrogens is 2. The highest BCUT2D eigenvalue weighted by Crippen LogP contribution is 1.96. The van der Waals surface area contributed by atoms with Gasteiger partial charge in [0.25, 0.3) is 0 Å². The lowest BCUT2D eigenvalue weighted by Gasteiger charge is -2.02. The van der Waals surface area contributed by atoms with E-state index in [0.717, 1.165) is 0 Å². The summed E-state index contributed by atoms with van der Waals surface area (Å²) in [6, 6.07) is 2.91. The summed E-state index contributed by atoms with van der Waals surface area (Å²) in [6.45, 7) is 0.187. The van der Waals surface area contributed by atoms with Crippen molar-refractivity contribution in [2.24, 2.45) is 0 Å². The van der Waals surface area contributed by atoms with Crippen molar-refractivity contribution in [2.45, 2.75) is 0 Å². The molecule has 66 valence electrons. The quantitative estimate of drug-likeness (QED) is 0.634. The molecule has 0 atom stereocenters. The van der Waals surface area contributed by atoms with Gasteiger partial charge in [-0.05, 0) is 12.1 Å². The number of nitrogens with one attached hydrogen (secondary N) is 2. The highest BCUT2D eigenvalue weighted by atomic mass is 16.2. The zero-order chi connectivity index (χ0) is 9.52. The van der Waals surface area contributed by atoms with E-state index in [0.29, 0.717) is 5.82 Å². The fourth-order valence-corrected chi connectivity index (χ4v) is 0.660. The van der Waals surface area contributed by atoms with Crippen molar-refractivity contribution in [2.75, 3.05) is 11.9 Å². The van der Waals surface area contributed by atoms with Gasteiger partial charge < -0.3 is 5.32 Å². The molecule has 0 fully saturated rings. The van der Waals surface area contributed by atoms with Crippen molar-refractivity contribution >= 4 is 11.8 Å². The van der Waals surface area contributed by atoms with Gasteiger partial charge in [0.1, 0.15) is 0 Å². The first-order valence-corrected chi connectivity index (χ1v) is 3.59. The van der Waals surface area contributed by atoms with Gasteiger partial charge in [0.15, 0.2) is 5.82 Å². The van der Waals surface area contributed by atoms with E-state index in [2.05, 4.69) is 26.8 Å². The first-order chi connectivity index (χ1) is 6.33. The van der Waals surface area contributed by atoms with Crippen LogP contribution in [0.15, 0.2) is 18.3 Å². The van der Waals surface area contributed by atoms with Gasteiger partial charge in [-0.1, -0.05) is 5.92 Å². The highest BCUT2D eigenvalue weighted by molar-refractivity contribution is 5.88. The van der Waals surface area contributed by atoms with Crippen LogP contribution >= 0.6 is 0 Å². The summed E-state index contributed by atoms with van der Waals surface area (Å²) in [7, 11) is 0. The molecule has 1 aromatic heterocycles. The maximum atomic E-state index is 11.0. The first-order valence-electron chi connectivity index (χ1n) is 3.59. The fourth-order valence-electron chi connectivity index (χ4n) is 0.660. The monoisotopic (exact) mass is 176 g/mol. The lowest BCUT2D eigenvalue weighted by Crippen LogP contribution is -2.29. The first kappa shape index (κ1) is 9.00. The molecule has 0 bridgehead atoms. The zero-order valence-electron chi connectivity index (χ0n) is 6.82. The van der Waals surface area contributed by atoms with Gasteiger partial charge in [0.05, 0.1) is 6.54 Å². The number of carbonyl (C=O) groups is 1. The SMILES string of the molecule is C#CCNC(=O)Nc1cccnn1. The molecule has 2 N–H and O–H groups in total. The zero-order valence-corrected chi connectivity index (χ0v) is 6.82. The number of rotatable bonds is 2. The smallest absolute Gasteiger partial charge is 0.321 e. The molecule has 0 saturated carbocycles. The van der Waals surface area contributed by atoms with Crippen LogP contribution in [0.1, 0.15) is 0 Å². The van der Waals surface area contributed by atoms with E-state index in [1.165, 1.54) is 6.20 Å². The number of hydrogen-bond donors (Lipinski definition) is 2. The van der Waals surface area contributed by atoms with Crippen LogP contribution in [0, 0.1) is 12.3 Å². The van der Waals surface area contributed by atoms with Crippen LogP contribution in [0.3, 0.4) is 0 Å². The van der Waals surface area contributed by atoms with E-state index in [4.69, 9.17) is 6.42 Å². The number of urea groups is 1. The minimum atomic E-state index is -0.390. The summed E-state index contributed by atoms with van der Waals surface area (Å²) in [5, 5.41) is 12.1. The Bertz CT molecular complexity index is 317. The Labute approximate surface area is 75.6 Å². The van der Waals surface area contributed by atoms with Gasteiger partial charge in [0.2, 0.25) is 0 Å². The summed E-state index contributed by atoms with van der Waals surface area (Å²) in [6.07, 6.45) is 6.47. The second-order valence-corrected chi connectivity index (χ2v) is 2.12. The number of nitrogens with zero attached hydrogens (tertiary/aromatic N) is 2. The van der Waals surface area contributed by atoms with E-state index < -0.39 is 6.03 Å². The Morgan fingerprint density at radius 3 is 3.15 bits per heavy atom. The molecule has 1 heterocycles. The number of anilines is 1. The normalized spacial score (nSPS) is 8.54. The molecule has 0 aliphatic carbocycles. The topological polar surface area (TPSA) is 66.9 Å². The third-order valence-electron chi connectivity index (χ3n) is 1.16. The lowest BCUT2D eigenvalue weighted by molar-refractivity contribution is 0.253. The van der Waals surface area contributed by atoms with Crippen LogP contribution in [-0.4, -0.2) is 22.8 Å². The van der Waals surface area contributed by atoms with Gasteiger partial charge in [0, 0.05) is 6.20 Å². The molecule has 0 aromatic carbocycles. The fraction of sp³-hybridized carbons (Fsp3) is 0.125. The van der Waals surface area contributed by atoms with Crippen molar-refractivity contribution < 1.29 is 4.79 Å². The minimum absolute atomic E-state index is 0.187. The second kappa shape index (κ2) is 4.72. The summed E-state index contributed by atoms with van der Waals surface area (Å²) >= 11 is 0. The Hall–Kier alpha value is -2.09. The third kappa shape index (κ3) is 3.20. The third-order valence-corrected chi connectivity index (χ3v) is 1.16. The van der Waals surface area contributed by atoms with Crippen LogP contribution in [0.4, 0.5) is 10.6 Å². The van der Waals surface area contributed by atoms with Crippen molar-refractivity contribution in [3.05, 3.63) is 18.3 Å². The van der Waals surface area contributed by atoms with Gasteiger partial charge >= 0.3 is 6.03 Å². The van der Waals surface area contributed by atoms with E-state index in [-0.39, 0.29) is 6.54 Å².